The van der Waals surface area contributed by atoms with Crippen LogP contribution in [0.1, 0.15) is 138 Å². The van der Waals surface area contributed by atoms with Crippen molar-refractivity contribution in [3.05, 3.63) is 23.0 Å². The van der Waals surface area contributed by atoms with Crippen molar-refractivity contribution in [3.63, 3.8) is 0 Å². The Hall–Kier alpha value is -1.42. The SMILES string of the molecule is CC1(C)CCCC2(C)CC3CC(=O)C4=C(C3CC12)C1OC(C4)CC2CC13C(=O)CC1C(CCC4C(C)(C)CCCC14C)C3=CO2. The molecule has 5 saturated carbocycles. The van der Waals surface area contributed by atoms with Crippen LogP contribution in [0.15, 0.2) is 23.0 Å². The molecule has 0 amide bonds. The second-order valence-corrected chi connectivity index (χ2v) is 19.8. The molecule has 0 radical (unpaired) electrons. The van der Waals surface area contributed by atoms with Crippen molar-refractivity contribution < 1.29 is 19.1 Å². The van der Waals surface area contributed by atoms with E-state index in [0.717, 1.165) is 44.1 Å². The van der Waals surface area contributed by atoms with Crippen LogP contribution in [0.2, 0.25) is 0 Å². The van der Waals surface area contributed by atoms with E-state index in [2.05, 4.69) is 47.8 Å². The molecule has 12 unspecified atom stereocenters. The normalized spacial score (nSPS) is 52.4. The number of fused-ring (bicyclic) bond motifs is 11. The molecule has 0 aromatic rings. The Morgan fingerprint density at radius 3 is 2.31 bits per heavy atom. The lowest BCUT2D eigenvalue weighted by molar-refractivity contribution is -0.161. The van der Waals surface area contributed by atoms with Gasteiger partial charge in [-0.25, -0.2) is 0 Å². The third-order valence-corrected chi connectivity index (χ3v) is 16.8. The second-order valence-electron chi connectivity index (χ2n) is 19.8. The summed E-state index contributed by atoms with van der Waals surface area (Å²) >= 11 is 0. The molecule has 9 rings (SSSR count). The number of Topliss-reactive ketones (excluding diaryl/α,β-unsaturated/α-hetero) is 2. The highest BCUT2D eigenvalue weighted by atomic mass is 16.5. The van der Waals surface area contributed by atoms with Crippen molar-refractivity contribution in [3.8, 4) is 0 Å². The Kier molecular flexibility index (Phi) is 6.19. The highest BCUT2D eigenvalue weighted by Crippen LogP contribution is 2.70. The molecule has 4 bridgehead atoms. The van der Waals surface area contributed by atoms with E-state index in [1.807, 2.05) is 0 Å². The number of rotatable bonds is 0. The molecule has 12 atom stereocenters. The Morgan fingerprint density at radius 2 is 1.51 bits per heavy atom. The summed E-state index contributed by atoms with van der Waals surface area (Å²) < 4.78 is 13.9. The van der Waals surface area contributed by atoms with Crippen LogP contribution in [-0.4, -0.2) is 29.9 Å². The highest BCUT2D eigenvalue weighted by molar-refractivity contribution is 5.99. The summed E-state index contributed by atoms with van der Waals surface area (Å²) in [5.41, 5.74) is 4.15. The van der Waals surface area contributed by atoms with E-state index in [1.54, 1.807) is 0 Å². The van der Waals surface area contributed by atoms with Crippen molar-refractivity contribution in [2.45, 2.75) is 156 Å². The molecule has 6 aliphatic carbocycles. The van der Waals surface area contributed by atoms with Gasteiger partial charge in [0, 0.05) is 32.1 Å². The van der Waals surface area contributed by atoms with Gasteiger partial charge >= 0.3 is 0 Å². The van der Waals surface area contributed by atoms with Gasteiger partial charge in [0.15, 0.2) is 5.78 Å². The zero-order chi connectivity index (χ0) is 31.3. The van der Waals surface area contributed by atoms with Gasteiger partial charge < -0.3 is 9.47 Å². The monoisotopic (exact) mass is 614 g/mol. The maximum absolute atomic E-state index is 15.3. The maximum Gasteiger partial charge on any atom is 0.159 e. The first kappa shape index (κ1) is 29.7. The largest absolute Gasteiger partial charge is 0.498 e. The molecule has 3 aliphatic heterocycles. The van der Waals surface area contributed by atoms with Crippen LogP contribution in [-0.2, 0) is 19.1 Å². The van der Waals surface area contributed by atoms with Gasteiger partial charge in [-0.1, -0.05) is 54.4 Å². The molecule has 0 N–H and O–H groups in total. The Morgan fingerprint density at radius 1 is 0.756 bits per heavy atom. The van der Waals surface area contributed by atoms with Crippen molar-refractivity contribution >= 4 is 11.6 Å². The molecule has 3 heterocycles. The average molecular weight is 615 g/mol. The summed E-state index contributed by atoms with van der Waals surface area (Å²) in [7, 11) is 0. The number of ketones is 2. The van der Waals surface area contributed by atoms with Crippen molar-refractivity contribution in [1.29, 1.82) is 0 Å². The molecule has 0 aromatic heterocycles. The average Bonchev–Trinajstić information content (AvgIpc) is 3.05. The van der Waals surface area contributed by atoms with Crippen LogP contribution in [0, 0.1) is 62.6 Å². The van der Waals surface area contributed by atoms with E-state index in [9.17, 15) is 4.79 Å². The third-order valence-electron chi connectivity index (χ3n) is 16.8. The maximum atomic E-state index is 15.3. The number of ether oxygens (including phenoxy) is 2. The van der Waals surface area contributed by atoms with E-state index in [-0.39, 0.29) is 23.7 Å². The lowest BCUT2D eigenvalue weighted by atomic mass is 9.41. The molecule has 246 valence electrons. The van der Waals surface area contributed by atoms with E-state index in [0.29, 0.717) is 76.2 Å². The topological polar surface area (TPSA) is 52.6 Å². The van der Waals surface area contributed by atoms with Gasteiger partial charge in [-0.3, -0.25) is 9.59 Å². The molecule has 45 heavy (non-hydrogen) atoms. The first-order valence-corrected chi connectivity index (χ1v) is 19.1. The zero-order valence-corrected chi connectivity index (χ0v) is 29.0. The molecular weight excluding hydrogens is 556 g/mol. The van der Waals surface area contributed by atoms with Crippen LogP contribution in [0.3, 0.4) is 0 Å². The van der Waals surface area contributed by atoms with Crippen LogP contribution in [0.25, 0.3) is 0 Å². The zero-order valence-electron chi connectivity index (χ0n) is 29.0. The van der Waals surface area contributed by atoms with Gasteiger partial charge in [-0.15, -0.1) is 0 Å². The summed E-state index contributed by atoms with van der Waals surface area (Å²) in [5, 5.41) is 0. The second kappa shape index (κ2) is 9.38. The molecule has 1 spiro atoms. The number of carbonyl (C=O) groups is 2. The fraction of sp³-hybridized carbons (Fsp3) is 0.854. The highest BCUT2D eigenvalue weighted by Gasteiger charge is 2.68. The number of hydrogen-bond acceptors (Lipinski definition) is 4. The molecular formula is C41H58O4. The van der Waals surface area contributed by atoms with Gasteiger partial charge in [0.2, 0.25) is 0 Å². The predicted octanol–water partition coefficient (Wildman–Crippen LogP) is 9.17. The minimum Gasteiger partial charge on any atom is -0.498 e. The van der Waals surface area contributed by atoms with Crippen LogP contribution in [0.4, 0.5) is 0 Å². The van der Waals surface area contributed by atoms with Gasteiger partial charge in [0.25, 0.3) is 0 Å². The van der Waals surface area contributed by atoms with E-state index < -0.39 is 5.41 Å². The standard InChI is InChI=1S/C41H58O4/c1-37(2)12-8-14-40(6)29-19-34(43)41-21-25(44-22-30(41)26(29)9-10-32(37)40)16-24-17-28-31(42)15-23-20-39(5)13-7-11-38(3,4)33(39)18-27(23)35(28)36(41)45-24/h22-27,29,32-33,36H,7-21H2,1-6H3. The predicted molar refractivity (Wildman–Crippen MR) is 175 cm³/mol. The van der Waals surface area contributed by atoms with Crippen molar-refractivity contribution in [2.75, 3.05) is 0 Å². The fourth-order valence-electron chi connectivity index (χ4n) is 15.1. The first-order valence-electron chi connectivity index (χ1n) is 19.1. The summed E-state index contributed by atoms with van der Waals surface area (Å²) in [5.74, 6) is 3.64. The lowest BCUT2D eigenvalue weighted by Crippen LogP contribution is -2.62. The lowest BCUT2D eigenvalue weighted by Gasteiger charge is -2.64. The molecule has 4 heteroatoms. The van der Waals surface area contributed by atoms with E-state index in [1.165, 1.54) is 56.1 Å². The van der Waals surface area contributed by atoms with E-state index in [4.69, 9.17) is 9.47 Å². The Labute approximate surface area is 271 Å². The molecule has 6 fully saturated rings. The third kappa shape index (κ3) is 3.87. The summed E-state index contributed by atoms with van der Waals surface area (Å²) in [6.07, 6.45) is 17.9. The summed E-state index contributed by atoms with van der Waals surface area (Å²) in [6, 6.07) is 0. The van der Waals surface area contributed by atoms with Crippen LogP contribution >= 0.6 is 0 Å². The van der Waals surface area contributed by atoms with E-state index >= 15 is 4.79 Å². The first-order chi connectivity index (χ1) is 21.3. The van der Waals surface area contributed by atoms with Crippen molar-refractivity contribution in [1.82, 2.24) is 0 Å². The smallest absolute Gasteiger partial charge is 0.159 e. The fourth-order valence-corrected chi connectivity index (χ4v) is 15.1. The van der Waals surface area contributed by atoms with Crippen molar-refractivity contribution in [2.24, 2.45) is 62.6 Å². The van der Waals surface area contributed by atoms with Crippen LogP contribution in [0.5, 0.6) is 0 Å². The van der Waals surface area contributed by atoms with Gasteiger partial charge in [-0.2, -0.15) is 0 Å². The Bertz CT molecular complexity index is 1400. The Balaban J connectivity index is 1.15. The minimum absolute atomic E-state index is 0.00367. The van der Waals surface area contributed by atoms with Gasteiger partial charge in [0.1, 0.15) is 11.9 Å². The molecule has 4 nitrogen and oxygen atoms in total. The van der Waals surface area contributed by atoms with Crippen LogP contribution < -0.4 is 0 Å². The minimum atomic E-state index is -0.655. The van der Waals surface area contributed by atoms with Gasteiger partial charge in [-0.05, 0) is 125 Å². The summed E-state index contributed by atoms with van der Waals surface area (Å²) in [4.78, 5) is 29.5. The van der Waals surface area contributed by atoms with Gasteiger partial charge in [0.05, 0.1) is 23.9 Å². The molecule has 1 saturated heterocycles. The summed E-state index contributed by atoms with van der Waals surface area (Å²) in [6.45, 7) is 15.1. The quantitative estimate of drug-likeness (QED) is 0.273. The number of hydrogen-bond donors (Lipinski definition) is 0. The number of carbonyl (C=O) groups excluding carboxylic acids is 2. The molecule has 9 aliphatic rings. The molecule has 0 aromatic carbocycles.